The third-order valence-electron chi connectivity index (χ3n) is 5.12. The molecule has 0 bridgehead atoms. The standard InChI is InChI=1S/C19H18N6O2/c1-11-8-16-21-18(13-4-2-3-5-15(13)25(16)23-11)24-7-6-12(10-24)14-9-17(26)22-19(27)20-14/h2-5,8-9,12H,6-7,10H2,1H3,(H2,20,22,26,27). The molecule has 1 aliphatic rings. The molecule has 1 unspecified atom stereocenters. The van der Waals surface area contributed by atoms with Crippen molar-refractivity contribution in [2.45, 2.75) is 19.3 Å². The lowest BCUT2D eigenvalue weighted by Crippen LogP contribution is -2.26. The highest BCUT2D eigenvalue weighted by Gasteiger charge is 2.27. The maximum atomic E-state index is 11.6. The minimum Gasteiger partial charge on any atom is -0.355 e. The zero-order valence-electron chi connectivity index (χ0n) is 14.8. The Labute approximate surface area is 153 Å². The summed E-state index contributed by atoms with van der Waals surface area (Å²) in [6.45, 7) is 3.46. The number of benzene rings is 1. The van der Waals surface area contributed by atoms with Crippen LogP contribution in [0.15, 0.2) is 46.0 Å². The molecule has 0 spiro atoms. The zero-order chi connectivity index (χ0) is 18.5. The first-order chi connectivity index (χ1) is 13.1. The van der Waals surface area contributed by atoms with Gasteiger partial charge in [-0.25, -0.2) is 14.3 Å². The predicted octanol–water partition coefficient (Wildman–Crippen LogP) is 1.56. The molecule has 0 aliphatic carbocycles. The fourth-order valence-corrected chi connectivity index (χ4v) is 3.91. The Morgan fingerprint density at radius 1 is 1.15 bits per heavy atom. The van der Waals surface area contributed by atoms with Gasteiger partial charge in [-0.15, -0.1) is 0 Å². The van der Waals surface area contributed by atoms with E-state index >= 15 is 0 Å². The van der Waals surface area contributed by atoms with Crippen LogP contribution in [0.4, 0.5) is 5.82 Å². The molecule has 8 heteroatoms. The van der Waals surface area contributed by atoms with Crippen LogP contribution in [0.5, 0.6) is 0 Å². The van der Waals surface area contributed by atoms with E-state index in [4.69, 9.17) is 4.98 Å². The number of H-pyrrole nitrogens is 2. The first-order valence-electron chi connectivity index (χ1n) is 8.92. The van der Waals surface area contributed by atoms with Crippen LogP contribution in [0.3, 0.4) is 0 Å². The van der Waals surface area contributed by atoms with Crippen molar-refractivity contribution in [3.63, 3.8) is 0 Å². The van der Waals surface area contributed by atoms with E-state index in [1.165, 1.54) is 6.07 Å². The van der Waals surface area contributed by atoms with E-state index in [1.807, 2.05) is 35.7 Å². The lowest BCUT2D eigenvalue weighted by molar-refractivity contribution is 0.728. The zero-order valence-corrected chi connectivity index (χ0v) is 14.8. The van der Waals surface area contributed by atoms with Gasteiger partial charge in [0.15, 0.2) is 5.65 Å². The smallest absolute Gasteiger partial charge is 0.325 e. The lowest BCUT2D eigenvalue weighted by Gasteiger charge is -2.20. The van der Waals surface area contributed by atoms with Gasteiger partial charge in [0.2, 0.25) is 0 Å². The van der Waals surface area contributed by atoms with Crippen LogP contribution in [0.2, 0.25) is 0 Å². The van der Waals surface area contributed by atoms with Gasteiger partial charge in [0.1, 0.15) is 5.82 Å². The average Bonchev–Trinajstić information content (AvgIpc) is 3.26. The highest BCUT2D eigenvalue weighted by atomic mass is 16.2. The lowest BCUT2D eigenvalue weighted by atomic mass is 10.1. The van der Waals surface area contributed by atoms with E-state index < -0.39 is 5.69 Å². The summed E-state index contributed by atoms with van der Waals surface area (Å²) < 4.78 is 1.87. The Bertz CT molecular complexity index is 1260. The number of aryl methyl sites for hydroxylation is 1. The van der Waals surface area contributed by atoms with Crippen LogP contribution in [-0.4, -0.2) is 37.7 Å². The maximum absolute atomic E-state index is 11.6. The van der Waals surface area contributed by atoms with Crippen molar-refractivity contribution in [2.24, 2.45) is 0 Å². The summed E-state index contributed by atoms with van der Waals surface area (Å²) in [7, 11) is 0. The Balaban J connectivity index is 1.59. The van der Waals surface area contributed by atoms with Crippen molar-refractivity contribution in [3.05, 3.63) is 68.6 Å². The number of nitrogens with zero attached hydrogens (tertiary/aromatic N) is 4. The van der Waals surface area contributed by atoms with Crippen LogP contribution in [0, 0.1) is 6.92 Å². The second-order valence-electron chi connectivity index (χ2n) is 6.98. The highest BCUT2D eigenvalue weighted by Crippen LogP contribution is 2.33. The van der Waals surface area contributed by atoms with Crippen molar-refractivity contribution in [3.8, 4) is 0 Å². The van der Waals surface area contributed by atoms with E-state index in [0.29, 0.717) is 12.2 Å². The van der Waals surface area contributed by atoms with E-state index in [2.05, 4.69) is 26.0 Å². The molecule has 1 aliphatic heterocycles. The summed E-state index contributed by atoms with van der Waals surface area (Å²) in [5.41, 5.74) is 2.59. The molecule has 2 N–H and O–H groups in total. The second-order valence-corrected chi connectivity index (χ2v) is 6.98. The molecule has 3 aromatic heterocycles. The summed E-state index contributed by atoms with van der Waals surface area (Å²) in [4.78, 5) is 35.3. The van der Waals surface area contributed by atoms with Gasteiger partial charge in [0.25, 0.3) is 5.56 Å². The summed E-state index contributed by atoms with van der Waals surface area (Å²) in [5, 5.41) is 5.58. The third-order valence-corrected chi connectivity index (χ3v) is 5.12. The molecule has 1 fully saturated rings. The average molecular weight is 362 g/mol. The number of anilines is 1. The molecule has 1 saturated heterocycles. The van der Waals surface area contributed by atoms with Gasteiger partial charge in [-0.05, 0) is 25.5 Å². The molecule has 0 saturated carbocycles. The van der Waals surface area contributed by atoms with E-state index in [-0.39, 0.29) is 11.5 Å². The van der Waals surface area contributed by atoms with Crippen molar-refractivity contribution in [1.29, 1.82) is 0 Å². The van der Waals surface area contributed by atoms with Crippen LogP contribution < -0.4 is 16.1 Å². The molecule has 0 radical (unpaired) electrons. The van der Waals surface area contributed by atoms with Gasteiger partial charge >= 0.3 is 5.69 Å². The number of nitrogens with one attached hydrogen (secondary N) is 2. The van der Waals surface area contributed by atoms with E-state index in [1.54, 1.807) is 0 Å². The molecule has 136 valence electrons. The first kappa shape index (κ1) is 15.8. The fourth-order valence-electron chi connectivity index (χ4n) is 3.91. The minimum absolute atomic E-state index is 0.0865. The molecule has 8 nitrogen and oxygen atoms in total. The number of hydrogen-bond acceptors (Lipinski definition) is 5. The molecular weight excluding hydrogens is 344 g/mol. The molecular formula is C19H18N6O2. The van der Waals surface area contributed by atoms with Crippen LogP contribution >= 0.6 is 0 Å². The van der Waals surface area contributed by atoms with Crippen LogP contribution in [0.1, 0.15) is 23.7 Å². The van der Waals surface area contributed by atoms with Gasteiger partial charge in [-0.1, -0.05) is 12.1 Å². The molecule has 4 aromatic rings. The predicted molar refractivity (Wildman–Crippen MR) is 102 cm³/mol. The van der Waals surface area contributed by atoms with E-state index in [9.17, 15) is 9.59 Å². The molecule has 27 heavy (non-hydrogen) atoms. The SMILES string of the molecule is Cc1cc2nc(N3CCC(c4cc(=O)[nH]c(=O)[nH]4)C3)c3ccccc3n2n1. The first-order valence-corrected chi connectivity index (χ1v) is 8.92. The Kier molecular flexibility index (Phi) is 3.40. The number of aromatic nitrogens is 5. The molecule has 5 rings (SSSR count). The summed E-state index contributed by atoms with van der Waals surface area (Å²) in [6, 6.07) is 11.5. The number of rotatable bonds is 2. The Morgan fingerprint density at radius 2 is 2.00 bits per heavy atom. The van der Waals surface area contributed by atoms with Crippen molar-refractivity contribution in [1.82, 2.24) is 24.6 Å². The number of fused-ring (bicyclic) bond motifs is 3. The van der Waals surface area contributed by atoms with Crippen molar-refractivity contribution < 1.29 is 0 Å². The Hall–Kier alpha value is -3.42. The molecule has 1 atom stereocenters. The maximum Gasteiger partial charge on any atom is 0.325 e. The van der Waals surface area contributed by atoms with Gasteiger partial charge in [-0.3, -0.25) is 9.78 Å². The fraction of sp³-hybridized carbons (Fsp3) is 0.263. The summed E-state index contributed by atoms with van der Waals surface area (Å²) >= 11 is 0. The monoisotopic (exact) mass is 362 g/mol. The molecule has 1 aromatic carbocycles. The number of aromatic amines is 2. The van der Waals surface area contributed by atoms with Crippen LogP contribution in [0.25, 0.3) is 16.6 Å². The topological polar surface area (TPSA) is 99.1 Å². The van der Waals surface area contributed by atoms with Gasteiger partial charge in [0, 0.05) is 42.2 Å². The highest BCUT2D eigenvalue weighted by molar-refractivity contribution is 5.91. The number of para-hydroxylation sites is 1. The minimum atomic E-state index is -0.462. The normalized spacial score (nSPS) is 17.2. The van der Waals surface area contributed by atoms with Gasteiger partial charge < -0.3 is 9.88 Å². The largest absolute Gasteiger partial charge is 0.355 e. The van der Waals surface area contributed by atoms with Crippen molar-refractivity contribution in [2.75, 3.05) is 18.0 Å². The van der Waals surface area contributed by atoms with Gasteiger partial charge in [0.05, 0.1) is 11.2 Å². The quantitative estimate of drug-likeness (QED) is 0.564. The molecule has 4 heterocycles. The number of hydrogen-bond donors (Lipinski definition) is 2. The third kappa shape index (κ3) is 2.61. The summed E-state index contributed by atoms with van der Waals surface area (Å²) in [6.07, 6.45) is 0.846. The Morgan fingerprint density at radius 3 is 2.85 bits per heavy atom. The van der Waals surface area contributed by atoms with E-state index in [0.717, 1.165) is 41.0 Å². The molecule has 0 amide bonds. The van der Waals surface area contributed by atoms with Crippen LogP contribution in [-0.2, 0) is 0 Å². The second kappa shape index (κ2) is 5.80. The summed E-state index contributed by atoms with van der Waals surface area (Å²) in [5.74, 6) is 0.996. The van der Waals surface area contributed by atoms with Crippen molar-refractivity contribution >= 4 is 22.4 Å². The van der Waals surface area contributed by atoms with Gasteiger partial charge in [-0.2, -0.15) is 5.10 Å².